The maximum atomic E-state index is 11.8. The molecule has 1 aromatic rings. The van der Waals surface area contributed by atoms with Gasteiger partial charge in [0.05, 0.1) is 0 Å². The summed E-state index contributed by atoms with van der Waals surface area (Å²) >= 11 is 5.95. The van der Waals surface area contributed by atoms with Crippen LogP contribution in [0.5, 0.6) is 0 Å². The van der Waals surface area contributed by atoms with Crippen molar-refractivity contribution in [2.45, 2.75) is 26.7 Å². The van der Waals surface area contributed by atoms with Crippen LogP contribution in [-0.4, -0.2) is 5.78 Å². The van der Waals surface area contributed by atoms with Crippen LogP contribution in [0.15, 0.2) is 30.4 Å². The van der Waals surface area contributed by atoms with Gasteiger partial charge >= 0.3 is 0 Å². The average molecular weight is 223 g/mol. The topological polar surface area (TPSA) is 17.1 Å². The molecule has 80 valence electrons. The fourth-order valence-corrected chi connectivity index (χ4v) is 1.55. The van der Waals surface area contributed by atoms with Crippen LogP contribution in [0, 0.1) is 6.92 Å². The molecule has 0 N–H and O–H groups in total. The molecular formula is C13H15ClO. The Kier molecular flexibility index (Phi) is 4.10. The summed E-state index contributed by atoms with van der Waals surface area (Å²) in [4.78, 5) is 11.8. The van der Waals surface area contributed by atoms with Gasteiger partial charge in [-0.3, -0.25) is 4.79 Å². The third kappa shape index (κ3) is 3.21. The first-order valence-electron chi connectivity index (χ1n) is 4.95. The molecule has 0 spiro atoms. The summed E-state index contributed by atoms with van der Waals surface area (Å²) in [5, 5.41) is 0.649. The van der Waals surface area contributed by atoms with Crippen molar-refractivity contribution in [3.63, 3.8) is 0 Å². The van der Waals surface area contributed by atoms with Gasteiger partial charge in [-0.1, -0.05) is 29.3 Å². The molecule has 0 aliphatic heterocycles. The van der Waals surface area contributed by atoms with E-state index in [2.05, 4.69) is 6.58 Å². The Morgan fingerprint density at radius 1 is 1.40 bits per heavy atom. The highest BCUT2D eigenvalue weighted by Gasteiger charge is 2.10. The van der Waals surface area contributed by atoms with Crippen molar-refractivity contribution in [2.75, 3.05) is 0 Å². The average Bonchev–Trinajstić information content (AvgIpc) is 2.18. The van der Waals surface area contributed by atoms with Gasteiger partial charge in [-0.15, -0.1) is 6.58 Å². The third-order valence-electron chi connectivity index (χ3n) is 2.35. The number of benzene rings is 1. The first-order valence-corrected chi connectivity index (χ1v) is 5.33. The molecule has 0 aliphatic carbocycles. The quantitative estimate of drug-likeness (QED) is 0.552. The molecule has 0 atom stereocenters. The van der Waals surface area contributed by atoms with E-state index < -0.39 is 0 Å². The molecule has 1 rings (SSSR count). The van der Waals surface area contributed by atoms with Gasteiger partial charge in [0.1, 0.15) is 0 Å². The number of rotatable bonds is 4. The second-order valence-electron chi connectivity index (χ2n) is 3.79. The Morgan fingerprint density at radius 3 is 2.67 bits per heavy atom. The summed E-state index contributed by atoms with van der Waals surface area (Å²) in [6, 6.07) is 5.43. The van der Waals surface area contributed by atoms with E-state index in [0.29, 0.717) is 11.4 Å². The van der Waals surface area contributed by atoms with Crippen LogP contribution < -0.4 is 0 Å². The van der Waals surface area contributed by atoms with Crippen molar-refractivity contribution < 1.29 is 4.79 Å². The molecule has 0 fully saturated rings. The maximum absolute atomic E-state index is 11.8. The molecular weight excluding hydrogens is 208 g/mol. The zero-order valence-electron chi connectivity index (χ0n) is 9.14. The maximum Gasteiger partial charge on any atom is 0.163 e. The summed E-state index contributed by atoms with van der Waals surface area (Å²) in [5.41, 5.74) is 2.62. The Balaban J connectivity index is 2.82. The van der Waals surface area contributed by atoms with Gasteiger partial charge in [0.15, 0.2) is 5.78 Å². The van der Waals surface area contributed by atoms with E-state index in [1.807, 2.05) is 26.0 Å². The van der Waals surface area contributed by atoms with E-state index in [1.165, 1.54) is 0 Å². The van der Waals surface area contributed by atoms with Crippen molar-refractivity contribution in [1.29, 1.82) is 0 Å². The highest BCUT2D eigenvalue weighted by molar-refractivity contribution is 6.31. The lowest BCUT2D eigenvalue weighted by Crippen LogP contribution is -2.02. The number of Topliss-reactive ketones (excluding diaryl/α,β-unsaturated/α-hetero) is 1. The number of halogens is 1. The van der Waals surface area contributed by atoms with Gasteiger partial charge in [0, 0.05) is 17.0 Å². The van der Waals surface area contributed by atoms with E-state index in [1.54, 1.807) is 6.07 Å². The minimum Gasteiger partial charge on any atom is -0.294 e. The number of hydrogen-bond acceptors (Lipinski definition) is 1. The fraction of sp³-hybridized carbons (Fsp3) is 0.308. The Labute approximate surface area is 95.8 Å². The van der Waals surface area contributed by atoms with Gasteiger partial charge in [0.25, 0.3) is 0 Å². The number of hydrogen-bond donors (Lipinski definition) is 0. The number of carbonyl (C=O) groups excluding carboxylic acids is 1. The first-order chi connectivity index (χ1) is 7.02. The van der Waals surface area contributed by atoms with Gasteiger partial charge in [-0.25, -0.2) is 0 Å². The Hall–Kier alpha value is -1.08. The van der Waals surface area contributed by atoms with E-state index >= 15 is 0 Å². The molecule has 2 heteroatoms. The molecule has 0 aliphatic rings. The molecule has 0 amide bonds. The lowest BCUT2D eigenvalue weighted by Gasteiger charge is -2.06. The van der Waals surface area contributed by atoms with Crippen LogP contribution >= 0.6 is 11.6 Å². The van der Waals surface area contributed by atoms with Crippen molar-refractivity contribution in [3.8, 4) is 0 Å². The molecule has 0 unspecified atom stereocenters. The zero-order valence-corrected chi connectivity index (χ0v) is 9.90. The van der Waals surface area contributed by atoms with Gasteiger partial charge < -0.3 is 0 Å². The monoisotopic (exact) mass is 222 g/mol. The van der Waals surface area contributed by atoms with E-state index in [4.69, 9.17) is 11.6 Å². The van der Waals surface area contributed by atoms with Crippen LogP contribution in [-0.2, 0) is 0 Å². The second kappa shape index (κ2) is 5.13. The standard InChI is InChI=1S/C13H15ClO/c1-9(2)7-8-13(15)11-5-4-6-12(14)10(11)3/h4-6H,1,7-8H2,2-3H3. The van der Waals surface area contributed by atoms with E-state index in [0.717, 1.165) is 23.1 Å². The Bertz CT molecular complexity index is 394. The van der Waals surface area contributed by atoms with Gasteiger partial charge in [-0.05, 0) is 31.9 Å². The van der Waals surface area contributed by atoms with Crippen molar-refractivity contribution in [2.24, 2.45) is 0 Å². The van der Waals surface area contributed by atoms with Crippen molar-refractivity contribution in [1.82, 2.24) is 0 Å². The summed E-state index contributed by atoms with van der Waals surface area (Å²) in [6.45, 7) is 7.58. The lowest BCUT2D eigenvalue weighted by molar-refractivity contribution is 0.0982. The summed E-state index contributed by atoms with van der Waals surface area (Å²) < 4.78 is 0. The molecule has 1 nitrogen and oxygen atoms in total. The van der Waals surface area contributed by atoms with Crippen LogP contribution in [0.2, 0.25) is 5.02 Å². The molecule has 0 bridgehead atoms. The molecule has 0 radical (unpaired) electrons. The normalized spacial score (nSPS) is 10.1. The first kappa shape index (κ1) is 12.0. The molecule has 1 aromatic carbocycles. The van der Waals surface area contributed by atoms with Crippen molar-refractivity contribution in [3.05, 3.63) is 46.5 Å². The largest absolute Gasteiger partial charge is 0.294 e. The molecule has 0 heterocycles. The molecule has 0 saturated carbocycles. The predicted octanol–water partition coefficient (Wildman–Crippen LogP) is 4.19. The molecule has 0 aromatic heterocycles. The highest BCUT2D eigenvalue weighted by Crippen LogP contribution is 2.20. The smallest absolute Gasteiger partial charge is 0.163 e. The Morgan fingerprint density at radius 2 is 2.07 bits per heavy atom. The molecule has 0 saturated heterocycles. The van der Waals surface area contributed by atoms with Crippen LogP contribution in [0.3, 0.4) is 0 Å². The zero-order chi connectivity index (χ0) is 11.4. The van der Waals surface area contributed by atoms with Crippen molar-refractivity contribution >= 4 is 17.4 Å². The summed E-state index contributed by atoms with van der Waals surface area (Å²) in [7, 11) is 0. The fourth-order valence-electron chi connectivity index (χ4n) is 1.37. The lowest BCUT2D eigenvalue weighted by atomic mass is 10.0. The second-order valence-corrected chi connectivity index (χ2v) is 4.20. The van der Waals surface area contributed by atoms with Gasteiger partial charge in [-0.2, -0.15) is 0 Å². The third-order valence-corrected chi connectivity index (χ3v) is 2.76. The summed E-state index contributed by atoms with van der Waals surface area (Å²) in [6.07, 6.45) is 1.25. The summed E-state index contributed by atoms with van der Waals surface area (Å²) in [5.74, 6) is 0.137. The number of carbonyl (C=O) groups is 1. The highest BCUT2D eigenvalue weighted by atomic mass is 35.5. The van der Waals surface area contributed by atoms with Crippen LogP contribution in [0.4, 0.5) is 0 Å². The van der Waals surface area contributed by atoms with Crippen LogP contribution in [0.1, 0.15) is 35.7 Å². The molecule has 15 heavy (non-hydrogen) atoms. The number of ketones is 1. The van der Waals surface area contributed by atoms with E-state index in [9.17, 15) is 4.79 Å². The predicted molar refractivity (Wildman–Crippen MR) is 64.6 cm³/mol. The van der Waals surface area contributed by atoms with Gasteiger partial charge in [0.2, 0.25) is 0 Å². The van der Waals surface area contributed by atoms with E-state index in [-0.39, 0.29) is 5.78 Å². The minimum absolute atomic E-state index is 0.137. The SMILES string of the molecule is C=C(C)CCC(=O)c1cccc(Cl)c1C. The minimum atomic E-state index is 0.137. The van der Waals surface area contributed by atoms with Crippen LogP contribution in [0.25, 0.3) is 0 Å². The number of allylic oxidation sites excluding steroid dienone is 1.